The van der Waals surface area contributed by atoms with E-state index in [0.717, 1.165) is 25.4 Å². The van der Waals surface area contributed by atoms with E-state index in [9.17, 15) is 0 Å². The van der Waals surface area contributed by atoms with Crippen LogP contribution in [0.5, 0.6) is 5.75 Å². The smallest absolute Gasteiger partial charge is 0.122 e. The molecule has 98 valence electrons. The Hall–Kier alpha value is -1.10. The summed E-state index contributed by atoms with van der Waals surface area (Å²) in [5.41, 5.74) is 4.26. The molecule has 0 radical (unpaired) electrons. The molecule has 3 N–H and O–H groups in total. The first kappa shape index (κ1) is 12.0. The van der Waals surface area contributed by atoms with Crippen molar-refractivity contribution in [3.63, 3.8) is 0 Å². The van der Waals surface area contributed by atoms with Gasteiger partial charge in [-0.15, -0.1) is 0 Å². The van der Waals surface area contributed by atoms with E-state index in [-0.39, 0.29) is 6.04 Å². The number of nitrogens with two attached hydrogens (primary N) is 1. The van der Waals surface area contributed by atoms with Gasteiger partial charge < -0.3 is 9.47 Å². The predicted molar refractivity (Wildman–Crippen MR) is 69.3 cm³/mol. The Morgan fingerprint density at radius 1 is 1.28 bits per heavy atom. The van der Waals surface area contributed by atoms with Gasteiger partial charge in [-0.3, -0.25) is 11.3 Å². The zero-order valence-corrected chi connectivity index (χ0v) is 10.5. The maximum atomic E-state index is 5.78. The third-order valence-corrected chi connectivity index (χ3v) is 4.07. The molecule has 2 aliphatic heterocycles. The fourth-order valence-electron chi connectivity index (χ4n) is 3.11. The molecule has 1 fully saturated rings. The first-order valence-electron chi connectivity index (χ1n) is 6.65. The fourth-order valence-corrected chi connectivity index (χ4v) is 3.11. The van der Waals surface area contributed by atoms with Gasteiger partial charge in [0, 0.05) is 24.1 Å². The van der Waals surface area contributed by atoms with Crippen LogP contribution >= 0.6 is 0 Å². The Morgan fingerprint density at radius 3 is 2.94 bits per heavy atom. The lowest BCUT2D eigenvalue weighted by molar-refractivity contribution is 0.0333. The van der Waals surface area contributed by atoms with E-state index >= 15 is 0 Å². The highest BCUT2D eigenvalue weighted by Gasteiger charge is 2.36. The quantitative estimate of drug-likeness (QED) is 0.627. The van der Waals surface area contributed by atoms with Crippen LogP contribution in [-0.4, -0.2) is 25.9 Å². The van der Waals surface area contributed by atoms with Crippen LogP contribution in [0.15, 0.2) is 24.3 Å². The fraction of sp³-hybridized carbons (Fsp3) is 0.571. The summed E-state index contributed by atoms with van der Waals surface area (Å²) in [5, 5.41) is 0. The van der Waals surface area contributed by atoms with Crippen molar-refractivity contribution in [1.29, 1.82) is 0 Å². The molecule has 0 bridgehead atoms. The summed E-state index contributed by atoms with van der Waals surface area (Å²) in [4.78, 5) is 0. The van der Waals surface area contributed by atoms with E-state index in [0.29, 0.717) is 18.4 Å². The van der Waals surface area contributed by atoms with Gasteiger partial charge in [0.15, 0.2) is 0 Å². The van der Waals surface area contributed by atoms with Crippen molar-refractivity contribution < 1.29 is 9.47 Å². The number of benzene rings is 1. The monoisotopic (exact) mass is 248 g/mol. The number of rotatable bonds is 3. The van der Waals surface area contributed by atoms with Crippen LogP contribution in [-0.2, 0) is 4.74 Å². The van der Waals surface area contributed by atoms with Gasteiger partial charge in [0.05, 0.1) is 13.2 Å². The molecule has 1 aromatic carbocycles. The number of fused-ring (bicyclic) bond motifs is 1. The topological polar surface area (TPSA) is 56.5 Å². The molecule has 0 amide bonds. The highest BCUT2D eigenvalue weighted by atomic mass is 16.5. The summed E-state index contributed by atoms with van der Waals surface area (Å²) < 4.78 is 11.3. The average Bonchev–Trinajstić information content (AvgIpc) is 2.85. The third-order valence-electron chi connectivity index (χ3n) is 4.07. The van der Waals surface area contributed by atoms with Crippen LogP contribution in [0.3, 0.4) is 0 Å². The van der Waals surface area contributed by atoms with Crippen LogP contribution in [0.2, 0.25) is 0 Å². The second-order valence-corrected chi connectivity index (χ2v) is 5.12. The molecule has 1 saturated heterocycles. The van der Waals surface area contributed by atoms with Crippen LogP contribution in [0.25, 0.3) is 0 Å². The lowest BCUT2D eigenvalue weighted by Gasteiger charge is -2.33. The molecule has 3 rings (SSSR count). The van der Waals surface area contributed by atoms with Gasteiger partial charge >= 0.3 is 0 Å². The van der Waals surface area contributed by atoms with E-state index in [1.807, 2.05) is 12.1 Å². The summed E-state index contributed by atoms with van der Waals surface area (Å²) in [5.74, 6) is 7.59. The van der Waals surface area contributed by atoms with Gasteiger partial charge in [-0.05, 0) is 24.8 Å². The summed E-state index contributed by atoms with van der Waals surface area (Å²) in [7, 11) is 0. The molecule has 4 nitrogen and oxygen atoms in total. The zero-order valence-electron chi connectivity index (χ0n) is 10.5. The minimum absolute atomic E-state index is 0.231. The second-order valence-electron chi connectivity index (χ2n) is 5.12. The van der Waals surface area contributed by atoms with Crippen LogP contribution in [0.4, 0.5) is 0 Å². The molecule has 2 heterocycles. The molecule has 0 aliphatic carbocycles. The standard InChI is InChI=1S/C14H20N2O2/c15-16-14(10-4-3-7-17-8-10)12-9-18-13-6-2-1-5-11(12)13/h1-2,5-6,10,12,14,16H,3-4,7-9,15H2. The van der Waals surface area contributed by atoms with Crippen molar-refractivity contribution in [2.75, 3.05) is 19.8 Å². The van der Waals surface area contributed by atoms with Crippen LogP contribution in [0, 0.1) is 5.92 Å². The maximum Gasteiger partial charge on any atom is 0.122 e. The molecular weight excluding hydrogens is 228 g/mol. The van der Waals surface area contributed by atoms with Crippen LogP contribution in [0.1, 0.15) is 24.3 Å². The third kappa shape index (κ3) is 2.11. The van der Waals surface area contributed by atoms with E-state index < -0.39 is 0 Å². The molecule has 0 saturated carbocycles. The molecule has 0 aromatic heterocycles. The zero-order chi connectivity index (χ0) is 12.4. The van der Waals surface area contributed by atoms with Crippen molar-refractivity contribution >= 4 is 0 Å². The Bertz CT molecular complexity index is 405. The number of para-hydroxylation sites is 1. The molecule has 3 unspecified atom stereocenters. The lowest BCUT2D eigenvalue weighted by Crippen LogP contribution is -2.48. The highest BCUT2D eigenvalue weighted by molar-refractivity contribution is 5.40. The van der Waals surface area contributed by atoms with Gasteiger partial charge in [0.2, 0.25) is 0 Å². The number of nitrogens with one attached hydrogen (secondary N) is 1. The molecular formula is C14H20N2O2. The number of hydrogen-bond acceptors (Lipinski definition) is 4. The summed E-state index contributed by atoms with van der Waals surface area (Å²) in [6, 6.07) is 8.47. The molecule has 0 spiro atoms. The Balaban J connectivity index is 1.80. The van der Waals surface area contributed by atoms with Gasteiger partial charge in [0.25, 0.3) is 0 Å². The minimum Gasteiger partial charge on any atom is -0.493 e. The van der Waals surface area contributed by atoms with Crippen LogP contribution < -0.4 is 16.0 Å². The number of hydrazine groups is 1. The average molecular weight is 248 g/mol. The van der Waals surface area contributed by atoms with E-state index in [1.165, 1.54) is 12.0 Å². The maximum absolute atomic E-state index is 5.78. The normalized spacial score (nSPS) is 28.5. The summed E-state index contributed by atoms with van der Waals surface area (Å²) >= 11 is 0. The molecule has 18 heavy (non-hydrogen) atoms. The number of ether oxygens (including phenoxy) is 2. The second kappa shape index (κ2) is 5.26. The number of hydrogen-bond donors (Lipinski definition) is 2. The largest absolute Gasteiger partial charge is 0.493 e. The molecule has 3 atom stereocenters. The Morgan fingerprint density at radius 2 is 2.17 bits per heavy atom. The van der Waals surface area contributed by atoms with Gasteiger partial charge in [-0.2, -0.15) is 0 Å². The van der Waals surface area contributed by atoms with E-state index in [1.54, 1.807) is 0 Å². The van der Waals surface area contributed by atoms with Gasteiger partial charge in [0.1, 0.15) is 5.75 Å². The van der Waals surface area contributed by atoms with E-state index in [4.69, 9.17) is 15.3 Å². The first-order valence-corrected chi connectivity index (χ1v) is 6.65. The van der Waals surface area contributed by atoms with Crippen molar-refractivity contribution in [3.05, 3.63) is 29.8 Å². The molecule has 4 heteroatoms. The van der Waals surface area contributed by atoms with Gasteiger partial charge in [-0.1, -0.05) is 18.2 Å². The first-order chi connectivity index (χ1) is 8.90. The minimum atomic E-state index is 0.231. The van der Waals surface area contributed by atoms with Crippen molar-refractivity contribution in [3.8, 4) is 5.75 Å². The van der Waals surface area contributed by atoms with Crippen molar-refractivity contribution in [2.45, 2.75) is 24.8 Å². The predicted octanol–water partition coefficient (Wildman–Crippen LogP) is 1.42. The van der Waals surface area contributed by atoms with Crippen molar-refractivity contribution in [1.82, 2.24) is 5.43 Å². The van der Waals surface area contributed by atoms with Crippen molar-refractivity contribution in [2.24, 2.45) is 11.8 Å². The lowest BCUT2D eigenvalue weighted by atomic mass is 9.82. The summed E-state index contributed by atoms with van der Waals surface area (Å²) in [6.45, 7) is 2.39. The van der Waals surface area contributed by atoms with E-state index in [2.05, 4.69) is 17.6 Å². The SMILES string of the molecule is NNC(C1CCCOC1)C1COc2ccccc21. The van der Waals surface area contributed by atoms with Gasteiger partial charge in [-0.25, -0.2) is 0 Å². The highest BCUT2D eigenvalue weighted by Crippen LogP contribution is 2.38. The molecule has 2 aliphatic rings. The Kier molecular flexibility index (Phi) is 3.50. The summed E-state index contributed by atoms with van der Waals surface area (Å²) in [6.07, 6.45) is 2.30. The molecule has 1 aromatic rings. The Labute approximate surface area is 107 Å².